The second kappa shape index (κ2) is 4.76. The second-order valence-electron chi connectivity index (χ2n) is 4.60. The molecule has 1 aliphatic carbocycles. The van der Waals surface area contributed by atoms with Crippen LogP contribution in [0.3, 0.4) is 0 Å². The van der Waals surface area contributed by atoms with Crippen molar-refractivity contribution in [3.05, 3.63) is 0 Å². The Morgan fingerprint density at radius 3 is 1.64 bits per heavy atom. The summed E-state index contributed by atoms with van der Waals surface area (Å²) in [7, 11) is 0. The van der Waals surface area contributed by atoms with Gasteiger partial charge < -0.3 is 5.73 Å². The standard InChI is InChI=1S/C6H13N.C4H10/c1-6(5-7)3-2-4-6;1-4(2)3/h2-5,7H2,1H3;4H,1-3H3. The lowest BCUT2D eigenvalue weighted by atomic mass is 9.71. The number of hydrogen-bond acceptors (Lipinski definition) is 1. The van der Waals surface area contributed by atoms with Gasteiger partial charge in [0.25, 0.3) is 0 Å². The summed E-state index contributed by atoms with van der Waals surface area (Å²) in [6, 6.07) is 0. The quantitative estimate of drug-likeness (QED) is 0.622. The Hall–Kier alpha value is -0.0400. The van der Waals surface area contributed by atoms with Crippen LogP contribution in [-0.4, -0.2) is 6.54 Å². The van der Waals surface area contributed by atoms with Crippen LogP contribution in [0.5, 0.6) is 0 Å². The van der Waals surface area contributed by atoms with Gasteiger partial charge in [-0.1, -0.05) is 34.1 Å². The Balaban J connectivity index is 0.000000218. The van der Waals surface area contributed by atoms with E-state index in [1.807, 2.05) is 0 Å². The van der Waals surface area contributed by atoms with Crippen LogP contribution in [0.15, 0.2) is 0 Å². The Morgan fingerprint density at radius 2 is 1.64 bits per heavy atom. The summed E-state index contributed by atoms with van der Waals surface area (Å²) in [4.78, 5) is 0. The van der Waals surface area contributed by atoms with Gasteiger partial charge in [-0.3, -0.25) is 0 Å². The molecule has 1 saturated carbocycles. The van der Waals surface area contributed by atoms with Gasteiger partial charge in [0.1, 0.15) is 0 Å². The van der Waals surface area contributed by atoms with Crippen molar-refractivity contribution in [3.8, 4) is 0 Å². The van der Waals surface area contributed by atoms with Gasteiger partial charge >= 0.3 is 0 Å². The highest BCUT2D eigenvalue weighted by atomic mass is 14.6. The van der Waals surface area contributed by atoms with Crippen molar-refractivity contribution < 1.29 is 0 Å². The van der Waals surface area contributed by atoms with E-state index in [2.05, 4.69) is 27.7 Å². The number of hydrogen-bond donors (Lipinski definition) is 1. The van der Waals surface area contributed by atoms with E-state index in [4.69, 9.17) is 5.73 Å². The van der Waals surface area contributed by atoms with Crippen molar-refractivity contribution in [2.24, 2.45) is 17.1 Å². The van der Waals surface area contributed by atoms with Crippen LogP contribution in [-0.2, 0) is 0 Å². The van der Waals surface area contributed by atoms with E-state index in [9.17, 15) is 0 Å². The fraction of sp³-hybridized carbons (Fsp3) is 1.00. The molecule has 1 fully saturated rings. The second-order valence-corrected chi connectivity index (χ2v) is 4.60. The lowest BCUT2D eigenvalue weighted by molar-refractivity contribution is 0.173. The maximum atomic E-state index is 5.47. The summed E-state index contributed by atoms with van der Waals surface area (Å²) in [5.41, 5.74) is 6.01. The first-order valence-corrected chi connectivity index (χ1v) is 4.70. The van der Waals surface area contributed by atoms with Gasteiger partial charge in [-0.05, 0) is 30.7 Å². The fourth-order valence-corrected chi connectivity index (χ4v) is 0.984. The van der Waals surface area contributed by atoms with E-state index in [0.29, 0.717) is 5.41 Å². The van der Waals surface area contributed by atoms with Crippen LogP contribution in [0, 0.1) is 11.3 Å². The van der Waals surface area contributed by atoms with Crippen LogP contribution in [0.4, 0.5) is 0 Å². The molecule has 0 spiro atoms. The molecule has 1 heteroatoms. The summed E-state index contributed by atoms with van der Waals surface area (Å²) in [5, 5.41) is 0. The Morgan fingerprint density at radius 1 is 1.27 bits per heavy atom. The average Bonchev–Trinajstić information content (AvgIpc) is 1.82. The maximum absolute atomic E-state index is 5.47. The zero-order valence-corrected chi connectivity index (χ0v) is 8.48. The normalized spacial score (nSPS) is 20.2. The largest absolute Gasteiger partial charge is 0.330 e. The van der Waals surface area contributed by atoms with Gasteiger partial charge in [0, 0.05) is 0 Å². The first-order chi connectivity index (χ1) is 5.00. The van der Waals surface area contributed by atoms with Gasteiger partial charge in [-0.2, -0.15) is 0 Å². The SMILES string of the molecule is CC(C)C.CC1(CN)CCC1. The lowest BCUT2D eigenvalue weighted by Crippen LogP contribution is -2.33. The molecule has 0 saturated heterocycles. The molecule has 0 aromatic heterocycles. The average molecular weight is 157 g/mol. The zero-order valence-electron chi connectivity index (χ0n) is 8.48. The topological polar surface area (TPSA) is 26.0 Å². The highest BCUT2D eigenvalue weighted by molar-refractivity contribution is 4.83. The van der Waals surface area contributed by atoms with E-state index >= 15 is 0 Å². The molecule has 11 heavy (non-hydrogen) atoms. The minimum absolute atomic E-state index is 0.542. The van der Waals surface area contributed by atoms with Gasteiger partial charge in [0.15, 0.2) is 0 Å². The van der Waals surface area contributed by atoms with Crippen molar-refractivity contribution in [2.45, 2.75) is 47.0 Å². The first kappa shape index (κ1) is 11.0. The van der Waals surface area contributed by atoms with Crippen LogP contribution in [0.2, 0.25) is 0 Å². The third-order valence-corrected chi connectivity index (χ3v) is 2.05. The Labute approximate surface area is 71.4 Å². The number of rotatable bonds is 1. The Kier molecular flexibility index (Phi) is 4.74. The highest BCUT2D eigenvalue weighted by Gasteiger charge is 2.29. The first-order valence-electron chi connectivity index (χ1n) is 4.70. The monoisotopic (exact) mass is 157 g/mol. The predicted molar refractivity (Wildman–Crippen MR) is 51.5 cm³/mol. The molecule has 0 radical (unpaired) electrons. The van der Waals surface area contributed by atoms with E-state index in [-0.39, 0.29) is 0 Å². The molecule has 68 valence electrons. The van der Waals surface area contributed by atoms with Crippen molar-refractivity contribution in [1.29, 1.82) is 0 Å². The number of nitrogens with two attached hydrogens (primary N) is 1. The molecule has 0 aliphatic heterocycles. The zero-order chi connectivity index (χ0) is 8.91. The molecule has 0 aromatic rings. The van der Waals surface area contributed by atoms with E-state index in [1.54, 1.807) is 0 Å². The molecule has 1 rings (SSSR count). The molecular formula is C10H23N. The summed E-state index contributed by atoms with van der Waals surface area (Å²) in [5.74, 6) is 0.833. The molecule has 2 N–H and O–H groups in total. The van der Waals surface area contributed by atoms with Gasteiger partial charge in [-0.25, -0.2) is 0 Å². The molecule has 0 heterocycles. The minimum atomic E-state index is 0.542. The van der Waals surface area contributed by atoms with Gasteiger partial charge in [0.2, 0.25) is 0 Å². The third kappa shape index (κ3) is 5.25. The fourth-order valence-electron chi connectivity index (χ4n) is 0.984. The predicted octanol–water partition coefficient (Wildman–Crippen LogP) is 2.80. The summed E-state index contributed by atoms with van der Waals surface area (Å²) in [6.45, 7) is 9.64. The van der Waals surface area contributed by atoms with Gasteiger partial charge in [0.05, 0.1) is 0 Å². The smallest absolute Gasteiger partial charge is 0.00232 e. The lowest BCUT2D eigenvalue weighted by Gasteiger charge is -2.36. The third-order valence-electron chi connectivity index (χ3n) is 2.05. The maximum Gasteiger partial charge on any atom is -0.00232 e. The minimum Gasteiger partial charge on any atom is -0.330 e. The summed E-state index contributed by atoms with van der Waals surface area (Å²) < 4.78 is 0. The highest BCUT2D eigenvalue weighted by Crippen LogP contribution is 2.38. The molecule has 1 aliphatic rings. The van der Waals surface area contributed by atoms with Crippen molar-refractivity contribution in [1.82, 2.24) is 0 Å². The van der Waals surface area contributed by atoms with Crippen molar-refractivity contribution in [3.63, 3.8) is 0 Å². The molecule has 0 bridgehead atoms. The molecule has 0 atom stereocenters. The Bertz CT molecular complexity index is 84.8. The molecule has 0 amide bonds. The molecule has 1 nitrogen and oxygen atoms in total. The van der Waals surface area contributed by atoms with Crippen LogP contribution < -0.4 is 5.73 Å². The van der Waals surface area contributed by atoms with Gasteiger partial charge in [-0.15, -0.1) is 0 Å². The summed E-state index contributed by atoms with van der Waals surface area (Å²) in [6.07, 6.45) is 4.10. The summed E-state index contributed by atoms with van der Waals surface area (Å²) >= 11 is 0. The van der Waals surface area contributed by atoms with Crippen molar-refractivity contribution in [2.75, 3.05) is 6.54 Å². The van der Waals surface area contributed by atoms with Crippen molar-refractivity contribution >= 4 is 0 Å². The molecule has 0 unspecified atom stereocenters. The van der Waals surface area contributed by atoms with E-state index in [0.717, 1.165) is 12.5 Å². The van der Waals surface area contributed by atoms with E-state index < -0.39 is 0 Å². The van der Waals surface area contributed by atoms with Crippen LogP contribution in [0.25, 0.3) is 0 Å². The molecule has 0 aromatic carbocycles. The van der Waals surface area contributed by atoms with Crippen LogP contribution >= 0.6 is 0 Å². The van der Waals surface area contributed by atoms with Crippen LogP contribution in [0.1, 0.15) is 47.0 Å². The van der Waals surface area contributed by atoms with E-state index in [1.165, 1.54) is 19.3 Å². The molecular weight excluding hydrogens is 134 g/mol.